The topological polar surface area (TPSA) is 0 Å². The van der Waals surface area contributed by atoms with Crippen molar-refractivity contribution in [3.8, 4) is 0 Å². The minimum atomic E-state index is 0. The molecule has 0 aliphatic carbocycles. The first-order valence-corrected chi connectivity index (χ1v) is 0. The van der Waals surface area contributed by atoms with Gasteiger partial charge in [0, 0.05) is 0 Å². The van der Waals surface area contributed by atoms with Gasteiger partial charge in [0.05, 0.1) is 0 Å². The van der Waals surface area contributed by atoms with Gasteiger partial charge in [0.1, 0.15) is 0 Å². The summed E-state index contributed by atoms with van der Waals surface area (Å²) in [6, 6.07) is 0. The molecular formula is Cu2In2S5. The van der Waals surface area contributed by atoms with Crippen LogP contribution in [0.2, 0.25) is 0 Å². The van der Waals surface area contributed by atoms with Gasteiger partial charge in [-0.3, -0.25) is 0 Å². The molecule has 0 spiro atoms. The molecule has 0 unspecified atom stereocenters. The second-order valence-corrected chi connectivity index (χ2v) is 0. The summed E-state index contributed by atoms with van der Waals surface area (Å²) < 4.78 is 0. The van der Waals surface area contributed by atoms with Crippen LogP contribution in [-0.2, 0) is 102 Å². The molecule has 0 saturated heterocycles. The summed E-state index contributed by atoms with van der Waals surface area (Å²) in [5.74, 6) is 0. The summed E-state index contributed by atoms with van der Waals surface area (Å²) in [4.78, 5) is 0. The second-order valence-electron chi connectivity index (χ2n) is 0. The van der Waals surface area contributed by atoms with Gasteiger partial charge < -0.3 is 67.5 Å². The van der Waals surface area contributed by atoms with E-state index >= 15 is 0 Å². The van der Waals surface area contributed by atoms with E-state index in [0.717, 1.165) is 0 Å². The molecule has 0 aromatic heterocycles. The number of rotatable bonds is 0. The summed E-state index contributed by atoms with van der Waals surface area (Å²) in [5, 5.41) is 0. The maximum Gasteiger partial charge on any atom is 3.00 e. The second kappa shape index (κ2) is 81.2. The van der Waals surface area contributed by atoms with E-state index in [-0.39, 0.29) is 153 Å². The molecule has 0 fully saturated rings. The van der Waals surface area contributed by atoms with Gasteiger partial charge in [0.15, 0.2) is 0 Å². The molecule has 9 heavy (non-hydrogen) atoms. The molecule has 2 radical (unpaired) electrons. The summed E-state index contributed by atoms with van der Waals surface area (Å²) >= 11 is 0. The van der Waals surface area contributed by atoms with Crippen molar-refractivity contribution >= 4 is 119 Å². The third kappa shape index (κ3) is 67.7. The van der Waals surface area contributed by atoms with E-state index in [2.05, 4.69) is 0 Å². The zero-order chi connectivity index (χ0) is 0. The van der Waals surface area contributed by atoms with Crippen molar-refractivity contribution in [1.29, 1.82) is 0 Å². The summed E-state index contributed by atoms with van der Waals surface area (Å²) in [6.45, 7) is 0. The summed E-state index contributed by atoms with van der Waals surface area (Å²) in [5.41, 5.74) is 0. The van der Waals surface area contributed by atoms with Gasteiger partial charge in [0.25, 0.3) is 0 Å². The Kier molecular flexibility index (Phi) is 934. The molecule has 0 bridgehead atoms. The Bertz CT molecular complexity index is 12.9. The van der Waals surface area contributed by atoms with Gasteiger partial charge in [-0.25, -0.2) is 0 Å². The van der Waals surface area contributed by atoms with Crippen molar-refractivity contribution in [2.75, 3.05) is 0 Å². The average molecular weight is 517 g/mol. The number of hydrogen-bond acceptors (Lipinski definition) is 0. The van der Waals surface area contributed by atoms with Gasteiger partial charge in [-0.1, -0.05) is 0 Å². The fourth-order valence-corrected chi connectivity index (χ4v) is 0. The Balaban J connectivity index is 0. The molecule has 0 aromatic carbocycles. The third-order valence-corrected chi connectivity index (χ3v) is 0. The fraction of sp³-hybridized carbons (Fsp3) is 0. The minimum absolute atomic E-state index is 0. The Morgan fingerprint density at radius 3 is 0.333 bits per heavy atom. The fourth-order valence-electron chi connectivity index (χ4n) is 0. The van der Waals surface area contributed by atoms with Crippen molar-refractivity contribution in [3.05, 3.63) is 0 Å². The Morgan fingerprint density at radius 1 is 0.333 bits per heavy atom. The molecule has 0 heterocycles. The van der Waals surface area contributed by atoms with E-state index in [0.29, 0.717) is 0 Å². The molecule has 0 aliphatic rings. The van der Waals surface area contributed by atoms with E-state index in [9.17, 15) is 0 Å². The quantitative estimate of drug-likeness (QED) is 0.371. The van der Waals surface area contributed by atoms with Crippen LogP contribution in [0.5, 0.6) is 0 Å². The van der Waals surface area contributed by atoms with Crippen molar-refractivity contribution < 1.29 is 34.1 Å². The molecule has 0 amide bonds. The predicted octanol–water partition coefficient (Wildman–Crippen LogP) is -0.779. The van der Waals surface area contributed by atoms with Crippen LogP contribution in [0.15, 0.2) is 0 Å². The molecule has 0 atom stereocenters. The molecule has 0 N–H and O–H groups in total. The van der Waals surface area contributed by atoms with Gasteiger partial charge in [-0.15, -0.1) is 0 Å². The van der Waals surface area contributed by atoms with Crippen molar-refractivity contribution in [2.45, 2.75) is 0 Å². The van der Waals surface area contributed by atoms with E-state index in [4.69, 9.17) is 0 Å². The van der Waals surface area contributed by atoms with Crippen LogP contribution in [0.1, 0.15) is 0 Å². The third-order valence-electron chi connectivity index (χ3n) is 0. The van der Waals surface area contributed by atoms with Gasteiger partial charge in [-0.2, -0.15) is 0 Å². The van der Waals surface area contributed by atoms with Crippen LogP contribution >= 0.6 is 0 Å². The molecule has 0 rings (SSSR count). The zero-order valence-electron chi connectivity index (χ0n) is 3.80. The predicted molar refractivity (Wildman–Crippen MR) is 48.3 cm³/mol. The molecular weight excluding hydrogens is 517 g/mol. The first-order chi connectivity index (χ1) is 0. The maximum atomic E-state index is 0. The van der Waals surface area contributed by atoms with Crippen molar-refractivity contribution in [1.82, 2.24) is 0 Å². The SMILES string of the molecule is [Cu+2].[Cu+2].[In+3].[In+3].[S-2].[S-2].[S-2].[S-2].[S-2]. The molecule has 58 valence electrons. The first kappa shape index (κ1) is 104. The van der Waals surface area contributed by atoms with E-state index in [1.807, 2.05) is 0 Å². The van der Waals surface area contributed by atoms with Crippen LogP contribution < -0.4 is 0 Å². The molecule has 9 heteroatoms. The Morgan fingerprint density at radius 2 is 0.333 bits per heavy atom. The average Bonchev–Trinajstić information content (AvgIpc) is 0. The Hall–Kier alpha value is 4.53. The van der Waals surface area contributed by atoms with Gasteiger partial charge in [-0.05, 0) is 0 Å². The van der Waals surface area contributed by atoms with E-state index in [1.165, 1.54) is 0 Å². The van der Waals surface area contributed by atoms with E-state index in [1.54, 1.807) is 0 Å². The normalized spacial score (nSPS) is 0. The van der Waals surface area contributed by atoms with Gasteiger partial charge in [0.2, 0.25) is 0 Å². The van der Waals surface area contributed by atoms with Crippen LogP contribution in [0.3, 0.4) is 0 Å². The standard InChI is InChI=1S/2Cu.2In.5S/q2*+2;2*+3;5*-2. The van der Waals surface area contributed by atoms with Gasteiger partial charge >= 0.3 is 85.8 Å². The zero-order valence-corrected chi connectivity index (χ0v) is 16.4. The smallest absolute Gasteiger partial charge is 2.00 e. The number of hydrogen-bond donors (Lipinski definition) is 0. The van der Waals surface area contributed by atoms with Crippen LogP contribution in [-0.4, -0.2) is 51.7 Å². The molecule has 0 saturated carbocycles. The monoisotopic (exact) mass is 516 g/mol. The van der Waals surface area contributed by atoms with Crippen molar-refractivity contribution in [3.63, 3.8) is 0 Å². The Labute approximate surface area is 150 Å². The summed E-state index contributed by atoms with van der Waals surface area (Å²) in [7, 11) is 0. The minimum Gasteiger partial charge on any atom is -2.00 e. The largest absolute Gasteiger partial charge is 3.00 e. The molecule has 0 aromatic rings. The van der Waals surface area contributed by atoms with Crippen LogP contribution in [0.25, 0.3) is 0 Å². The van der Waals surface area contributed by atoms with Crippen LogP contribution in [0, 0.1) is 0 Å². The van der Waals surface area contributed by atoms with Crippen molar-refractivity contribution in [2.24, 2.45) is 0 Å². The van der Waals surface area contributed by atoms with Crippen LogP contribution in [0.4, 0.5) is 0 Å². The van der Waals surface area contributed by atoms with E-state index < -0.39 is 0 Å². The maximum absolute atomic E-state index is 0. The summed E-state index contributed by atoms with van der Waals surface area (Å²) in [6.07, 6.45) is 0. The molecule has 0 nitrogen and oxygen atoms in total. The first-order valence-electron chi connectivity index (χ1n) is 0. The molecule has 0 aliphatic heterocycles.